The van der Waals surface area contributed by atoms with E-state index in [1.54, 1.807) is 19.4 Å². The van der Waals surface area contributed by atoms with Crippen molar-refractivity contribution in [2.24, 2.45) is 17.3 Å². The highest BCUT2D eigenvalue weighted by Crippen LogP contribution is 2.46. The molecule has 2 heterocycles. The molecule has 1 saturated heterocycles. The average molecular weight is 712 g/mol. The summed E-state index contributed by atoms with van der Waals surface area (Å²) in [6.45, 7) is 15.0. The second-order valence-electron chi connectivity index (χ2n) is 15.8. The normalized spacial score (nSPS) is 24.2. The van der Waals surface area contributed by atoms with Crippen LogP contribution in [0, 0.1) is 17.3 Å². The zero-order chi connectivity index (χ0) is 36.8. The van der Waals surface area contributed by atoms with E-state index < -0.39 is 73.5 Å². The van der Waals surface area contributed by atoms with Crippen LogP contribution in [0.3, 0.4) is 0 Å². The van der Waals surface area contributed by atoms with E-state index >= 15 is 0 Å². The zero-order valence-corrected chi connectivity index (χ0v) is 30.7. The van der Waals surface area contributed by atoms with Crippen LogP contribution >= 0.6 is 0 Å². The molecule has 0 unspecified atom stereocenters. The first kappa shape index (κ1) is 37.1. The van der Waals surface area contributed by atoms with Crippen LogP contribution in [0.5, 0.6) is 11.6 Å². The average Bonchev–Trinajstić information content (AvgIpc) is 3.95. The molecular formula is C36H49N5O8S. The van der Waals surface area contributed by atoms with Gasteiger partial charge in [0.1, 0.15) is 23.4 Å². The molecule has 272 valence electrons. The molecule has 1 aromatic carbocycles. The van der Waals surface area contributed by atoms with E-state index in [0.717, 1.165) is 5.39 Å². The highest BCUT2D eigenvalue weighted by atomic mass is 32.2. The van der Waals surface area contributed by atoms with E-state index in [-0.39, 0.29) is 31.7 Å². The van der Waals surface area contributed by atoms with Crippen molar-refractivity contribution in [3.8, 4) is 11.6 Å². The van der Waals surface area contributed by atoms with Gasteiger partial charge in [-0.15, -0.1) is 6.58 Å². The maximum Gasteiger partial charge on any atom is 0.259 e. The van der Waals surface area contributed by atoms with Crippen molar-refractivity contribution in [3.63, 3.8) is 0 Å². The topological polar surface area (TPSA) is 173 Å². The summed E-state index contributed by atoms with van der Waals surface area (Å²) < 4.78 is 39.2. The van der Waals surface area contributed by atoms with Crippen LogP contribution in [0.1, 0.15) is 73.6 Å². The van der Waals surface area contributed by atoms with Gasteiger partial charge in [0.25, 0.3) is 5.91 Å². The van der Waals surface area contributed by atoms with Gasteiger partial charge in [0.15, 0.2) is 0 Å². The van der Waals surface area contributed by atoms with Gasteiger partial charge in [0.05, 0.1) is 24.8 Å². The van der Waals surface area contributed by atoms with Crippen molar-refractivity contribution >= 4 is 44.4 Å². The Kier molecular flexibility index (Phi) is 10.0. The molecule has 1 aromatic heterocycles. The number of ether oxygens (including phenoxy) is 2. The van der Waals surface area contributed by atoms with Crippen LogP contribution < -0.4 is 24.8 Å². The van der Waals surface area contributed by atoms with E-state index in [0.29, 0.717) is 29.9 Å². The smallest absolute Gasteiger partial charge is 0.259 e. The molecule has 2 saturated carbocycles. The number of carbonyl (C=O) groups excluding carboxylic acids is 4. The third-order valence-electron chi connectivity index (χ3n) is 9.56. The number of rotatable bonds is 12. The summed E-state index contributed by atoms with van der Waals surface area (Å²) in [4.78, 5) is 61.2. The van der Waals surface area contributed by atoms with Crippen molar-refractivity contribution in [1.82, 2.24) is 25.2 Å². The SMILES string of the molecule is C=C[C@@H]1C[C@]1(NC(=O)[C@H]1C[C@@H](Oc2nccc3cc(OC)ccc23)CN1C(=O)[C@@H](CC(=O)NC(C)(C)C)C(C)(C)C)C(=O)NS(=O)(=O)C1CC1. The lowest BCUT2D eigenvalue weighted by atomic mass is 9.77. The quantitative estimate of drug-likeness (QED) is 0.280. The molecule has 3 aliphatic rings. The highest BCUT2D eigenvalue weighted by molar-refractivity contribution is 7.91. The first-order valence-corrected chi connectivity index (χ1v) is 18.5. The standard InChI is InChI=1S/C36H49N5O8S/c1-9-22-19-36(22,33(45)40-50(46,47)25-11-12-25)39-30(43)28-17-24(49-31-26-13-10-23(48-8)16-21(26)14-15-37-31)20-41(28)32(44)27(34(2,3)4)18-29(42)38-35(5,6)7/h9-10,13-16,22,24-25,27-28H,1,11-12,17-20H2,2-8H3,(H,38,42)(H,39,43)(H,40,45)/t22-,24-,27-,28-,36-/m1/s1. The van der Waals surface area contributed by atoms with Crippen LogP contribution in [0.2, 0.25) is 0 Å². The van der Waals surface area contributed by atoms with Crippen LogP contribution in [0.4, 0.5) is 0 Å². The minimum atomic E-state index is -3.88. The largest absolute Gasteiger partial charge is 0.497 e. The van der Waals surface area contributed by atoms with Gasteiger partial charge in [-0.3, -0.25) is 23.9 Å². The molecule has 4 amide bonds. The number of hydrogen-bond acceptors (Lipinski definition) is 9. The van der Waals surface area contributed by atoms with Gasteiger partial charge in [-0.25, -0.2) is 13.4 Å². The maximum atomic E-state index is 14.5. The molecule has 14 heteroatoms. The van der Waals surface area contributed by atoms with Crippen molar-refractivity contribution in [3.05, 3.63) is 43.1 Å². The molecule has 0 spiro atoms. The van der Waals surface area contributed by atoms with Gasteiger partial charge < -0.3 is 25.0 Å². The molecule has 2 aromatic rings. The Balaban J connectivity index is 1.44. The predicted octanol–water partition coefficient (Wildman–Crippen LogP) is 3.23. The summed E-state index contributed by atoms with van der Waals surface area (Å²) in [5.74, 6) is -2.49. The first-order valence-electron chi connectivity index (χ1n) is 17.0. The molecule has 1 aliphatic heterocycles. The molecule has 5 rings (SSSR count). The number of nitrogens with one attached hydrogen (secondary N) is 3. The fraction of sp³-hybridized carbons (Fsp3) is 0.583. The molecule has 5 atom stereocenters. The Morgan fingerprint density at radius 3 is 2.40 bits per heavy atom. The Hall–Kier alpha value is -4.20. The number of nitrogens with zero attached hydrogens (tertiary/aromatic N) is 2. The number of fused-ring (bicyclic) bond motifs is 1. The van der Waals surface area contributed by atoms with Gasteiger partial charge in [-0.1, -0.05) is 26.8 Å². The van der Waals surface area contributed by atoms with Crippen molar-refractivity contribution < 1.29 is 37.1 Å². The van der Waals surface area contributed by atoms with Crippen LogP contribution in [0.25, 0.3) is 10.8 Å². The molecule has 0 bridgehead atoms. The Morgan fingerprint density at radius 1 is 1.12 bits per heavy atom. The Labute approximate surface area is 294 Å². The molecule has 2 aliphatic carbocycles. The number of pyridine rings is 1. The molecule has 3 fully saturated rings. The lowest BCUT2D eigenvalue weighted by molar-refractivity contribution is -0.147. The molecular weight excluding hydrogens is 662 g/mol. The van der Waals surface area contributed by atoms with Crippen LogP contribution in [-0.4, -0.2) is 84.1 Å². The highest BCUT2D eigenvalue weighted by Gasteiger charge is 2.62. The van der Waals surface area contributed by atoms with E-state index in [1.165, 1.54) is 11.0 Å². The van der Waals surface area contributed by atoms with Crippen molar-refractivity contribution in [2.75, 3.05) is 13.7 Å². The molecule has 0 radical (unpaired) electrons. The number of likely N-dealkylation sites (tertiary alicyclic amines) is 1. The number of amides is 4. The number of methoxy groups -OCH3 is 1. The van der Waals surface area contributed by atoms with Gasteiger partial charge in [-0.05, 0) is 75.1 Å². The predicted molar refractivity (Wildman–Crippen MR) is 188 cm³/mol. The van der Waals surface area contributed by atoms with Gasteiger partial charge >= 0.3 is 0 Å². The van der Waals surface area contributed by atoms with Gasteiger partial charge in [0.2, 0.25) is 33.6 Å². The molecule has 3 N–H and O–H groups in total. The van der Waals surface area contributed by atoms with Crippen LogP contribution in [0.15, 0.2) is 43.1 Å². The second-order valence-corrected chi connectivity index (χ2v) is 17.7. The first-order chi connectivity index (χ1) is 23.3. The Morgan fingerprint density at radius 2 is 1.82 bits per heavy atom. The third kappa shape index (κ3) is 8.06. The zero-order valence-electron chi connectivity index (χ0n) is 29.9. The maximum absolute atomic E-state index is 14.5. The lowest BCUT2D eigenvalue weighted by Gasteiger charge is -2.35. The monoisotopic (exact) mass is 711 g/mol. The summed E-state index contributed by atoms with van der Waals surface area (Å²) in [7, 11) is -2.31. The number of aromatic nitrogens is 1. The summed E-state index contributed by atoms with van der Waals surface area (Å²) in [6, 6.07) is 6.19. The fourth-order valence-electron chi connectivity index (χ4n) is 6.52. The summed E-state index contributed by atoms with van der Waals surface area (Å²) >= 11 is 0. The number of carbonyl (C=O) groups is 4. The van der Waals surface area contributed by atoms with E-state index in [4.69, 9.17) is 9.47 Å². The molecule has 50 heavy (non-hydrogen) atoms. The van der Waals surface area contributed by atoms with Gasteiger partial charge in [0, 0.05) is 35.9 Å². The van der Waals surface area contributed by atoms with Crippen molar-refractivity contribution in [2.45, 2.75) is 102 Å². The summed E-state index contributed by atoms with van der Waals surface area (Å²) in [6.07, 6.45) is 3.50. The lowest BCUT2D eigenvalue weighted by Crippen LogP contribution is -2.57. The number of hydrogen-bond donors (Lipinski definition) is 3. The van der Waals surface area contributed by atoms with Crippen LogP contribution in [-0.2, 0) is 29.2 Å². The second kappa shape index (κ2) is 13.5. The summed E-state index contributed by atoms with van der Waals surface area (Å²) in [5, 5.41) is 6.64. The van der Waals surface area contributed by atoms with E-state index in [9.17, 15) is 27.6 Å². The van der Waals surface area contributed by atoms with E-state index in [2.05, 4.69) is 26.9 Å². The van der Waals surface area contributed by atoms with Crippen molar-refractivity contribution in [1.29, 1.82) is 0 Å². The third-order valence-corrected chi connectivity index (χ3v) is 11.4. The fourth-order valence-corrected chi connectivity index (χ4v) is 7.88. The minimum absolute atomic E-state index is 0.0127. The van der Waals surface area contributed by atoms with Gasteiger partial charge in [-0.2, -0.15) is 0 Å². The summed E-state index contributed by atoms with van der Waals surface area (Å²) in [5.41, 5.74) is -2.70. The molecule has 13 nitrogen and oxygen atoms in total. The number of sulfonamides is 1. The number of benzene rings is 1. The van der Waals surface area contributed by atoms with E-state index in [1.807, 2.05) is 59.7 Å². The Bertz CT molecular complexity index is 1800. The minimum Gasteiger partial charge on any atom is -0.497 e.